The molecule has 0 aliphatic heterocycles. The quantitative estimate of drug-likeness (QED) is 0.713. The molecule has 4 nitrogen and oxygen atoms in total. The van der Waals surface area contributed by atoms with Crippen LogP contribution in [-0.2, 0) is 6.42 Å². The van der Waals surface area contributed by atoms with Gasteiger partial charge in [0.25, 0.3) is 0 Å². The highest BCUT2D eigenvalue weighted by atomic mass is 16.3. The Bertz CT molecular complexity index is 309. The standard InChI is InChI=1S/C9H13N3O/c10-9(3-4-9)2-1-7-8(13)5-11-6-12-7/h5-6,13H,1-4,10H2. The van der Waals surface area contributed by atoms with Crippen LogP contribution in [0, 0.1) is 0 Å². The van der Waals surface area contributed by atoms with E-state index >= 15 is 0 Å². The molecule has 70 valence electrons. The fourth-order valence-corrected chi connectivity index (χ4v) is 1.32. The van der Waals surface area contributed by atoms with Crippen molar-refractivity contribution < 1.29 is 5.11 Å². The molecular weight excluding hydrogens is 166 g/mol. The second-order valence-corrected chi connectivity index (χ2v) is 3.72. The zero-order chi connectivity index (χ0) is 9.31. The van der Waals surface area contributed by atoms with Crippen molar-refractivity contribution in [3.8, 4) is 5.75 Å². The summed E-state index contributed by atoms with van der Waals surface area (Å²) in [6, 6.07) is 0. The number of aryl methyl sites for hydroxylation is 1. The van der Waals surface area contributed by atoms with Gasteiger partial charge in [-0.3, -0.25) is 0 Å². The summed E-state index contributed by atoms with van der Waals surface area (Å²) < 4.78 is 0. The van der Waals surface area contributed by atoms with Crippen LogP contribution >= 0.6 is 0 Å². The molecule has 1 saturated carbocycles. The highest BCUT2D eigenvalue weighted by Gasteiger charge is 2.37. The molecular formula is C9H13N3O. The highest BCUT2D eigenvalue weighted by molar-refractivity contribution is 5.22. The van der Waals surface area contributed by atoms with Gasteiger partial charge in [-0.1, -0.05) is 0 Å². The van der Waals surface area contributed by atoms with E-state index in [1.807, 2.05) is 0 Å². The SMILES string of the molecule is NC1(CCc2ncncc2O)CC1. The molecule has 4 heteroatoms. The summed E-state index contributed by atoms with van der Waals surface area (Å²) in [6.45, 7) is 0. The van der Waals surface area contributed by atoms with Crippen molar-refractivity contribution in [1.29, 1.82) is 0 Å². The molecule has 1 aliphatic rings. The number of hydrogen-bond donors (Lipinski definition) is 2. The first-order valence-corrected chi connectivity index (χ1v) is 4.46. The monoisotopic (exact) mass is 179 g/mol. The predicted octanol–water partition coefficient (Wildman–Crippen LogP) is 0.606. The van der Waals surface area contributed by atoms with E-state index in [1.165, 1.54) is 12.5 Å². The Kier molecular flexibility index (Phi) is 1.92. The molecule has 0 amide bonds. The number of aromatic nitrogens is 2. The van der Waals surface area contributed by atoms with E-state index in [9.17, 15) is 5.11 Å². The first-order chi connectivity index (χ1) is 6.20. The fourth-order valence-electron chi connectivity index (χ4n) is 1.32. The molecule has 1 fully saturated rings. The van der Waals surface area contributed by atoms with Crippen LogP contribution < -0.4 is 5.73 Å². The first kappa shape index (κ1) is 8.44. The van der Waals surface area contributed by atoms with Gasteiger partial charge in [0, 0.05) is 5.54 Å². The molecule has 1 aromatic rings. The molecule has 1 aromatic heterocycles. The lowest BCUT2D eigenvalue weighted by molar-refractivity contribution is 0.456. The molecule has 1 aliphatic carbocycles. The molecule has 3 N–H and O–H groups in total. The van der Waals surface area contributed by atoms with E-state index in [0.717, 1.165) is 25.7 Å². The lowest BCUT2D eigenvalue weighted by Gasteiger charge is -2.07. The van der Waals surface area contributed by atoms with Crippen LogP contribution in [0.15, 0.2) is 12.5 Å². The molecule has 0 bridgehead atoms. The molecule has 0 radical (unpaired) electrons. The number of nitrogens with zero attached hydrogens (tertiary/aromatic N) is 2. The Morgan fingerprint density at radius 3 is 2.92 bits per heavy atom. The van der Waals surface area contributed by atoms with Gasteiger partial charge in [-0.05, 0) is 25.7 Å². The van der Waals surface area contributed by atoms with Crippen molar-refractivity contribution >= 4 is 0 Å². The molecule has 0 spiro atoms. The molecule has 13 heavy (non-hydrogen) atoms. The van der Waals surface area contributed by atoms with Crippen molar-refractivity contribution in [2.75, 3.05) is 0 Å². The Balaban J connectivity index is 1.97. The van der Waals surface area contributed by atoms with Crippen molar-refractivity contribution in [2.45, 2.75) is 31.2 Å². The fraction of sp³-hybridized carbons (Fsp3) is 0.556. The second kappa shape index (κ2) is 2.96. The van der Waals surface area contributed by atoms with E-state index < -0.39 is 0 Å². The molecule has 0 atom stereocenters. The highest BCUT2D eigenvalue weighted by Crippen LogP contribution is 2.36. The van der Waals surface area contributed by atoms with Crippen molar-refractivity contribution in [2.24, 2.45) is 5.73 Å². The van der Waals surface area contributed by atoms with Gasteiger partial charge < -0.3 is 10.8 Å². The lowest BCUT2D eigenvalue weighted by atomic mass is 10.1. The molecule has 1 heterocycles. The maximum absolute atomic E-state index is 9.36. The summed E-state index contributed by atoms with van der Waals surface area (Å²) in [5.74, 6) is 0.173. The summed E-state index contributed by atoms with van der Waals surface area (Å²) in [7, 11) is 0. The Morgan fingerprint density at radius 2 is 2.31 bits per heavy atom. The van der Waals surface area contributed by atoms with Crippen LogP contribution in [0.4, 0.5) is 0 Å². The summed E-state index contributed by atoms with van der Waals surface area (Å²) in [4.78, 5) is 7.71. The number of hydrogen-bond acceptors (Lipinski definition) is 4. The molecule has 0 unspecified atom stereocenters. The van der Waals surface area contributed by atoms with Crippen LogP contribution in [0.5, 0.6) is 5.75 Å². The summed E-state index contributed by atoms with van der Waals surface area (Å²) in [5, 5.41) is 9.36. The minimum atomic E-state index is 0.0252. The van der Waals surface area contributed by atoms with Gasteiger partial charge >= 0.3 is 0 Å². The van der Waals surface area contributed by atoms with E-state index in [0.29, 0.717) is 5.69 Å². The van der Waals surface area contributed by atoms with Crippen LogP contribution in [0.25, 0.3) is 0 Å². The first-order valence-electron chi connectivity index (χ1n) is 4.46. The Morgan fingerprint density at radius 1 is 1.54 bits per heavy atom. The third-order valence-electron chi connectivity index (χ3n) is 2.52. The van der Waals surface area contributed by atoms with Crippen LogP contribution in [0.1, 0.15) is 25.0 Å². The smallest absolute Gasteiger partial charge is 0.155 e. The predicted molar refractivity (Wildman–Crippen MR) is 48.2 cm³/mol. The number of nitrogens with two attached hydrogens (primary N) is 1. The summed E-state index contributed by atoms with van der Waals surface area (Å²) in [6.07, 6.45) is 6.70. The minimum absolute atomic E-state index is 0.0252. The van der Waals surface area contributed by atoms with Gasteiger partial charge in [0.2, 0.25) is 0 Å². The Labute approximate surface area is 76.8 Å². The van der Waals surface area contributed by atoms with Crippen molar-refractivity contribution in [3.05, 3.63) is 18.2 Å². The van der Waals surface area contributed by atoms with Gasteiger partial charge in [-0.2, -0.15) is 0 Å². The minimum Gasteiger partial charge on any atom is -0.504 e. The van der Waals surface area contributed by atoms with Crippen LogP contribution in [-0.4, -0.2) is 20.6 Å². The average molecular weight is 179 g/mol. The lowest BCUT2D eigenvalue weighted by Crippen LogP contribution is -2.22. The van der Waals surface area contributed by atoms with Gasteiger partial charge in [0.15, 0.2) is 5.75 Å². The second-order valence-electron chi connectivity index (χ2n) is 3.72. The third-order valence-corrected chi connectivity index (χ3v) is 2.52. The topological polar surface area (TPSA) is 72.0 Å². The van der Waals surface area contributed by atoms with Crippen molar-refractivity contribution in [3.63, 3.8) is 0 Å². The van der Waals surface area contributed by atoms with Crippen LogP contribution in [0.3, 0.4) is 0 Å². The number of rotatable bonds is 3. The van der Waals surface area contributed by atoms with Gasteiger partial charge in [0.1, 0.15) is 6.33 Å². The number of aromatic hydroxyl groups is 1. The van der Waals surface area contributed by atoms with Crippen LogP contribution in [0.2, 0.25) is 0 Å². The average Bonchev–Trinajstić information content (AvgIpc) is 2.83. The maximum Gasteiger partial charge on any atom is 0.155 e. The summed E-state index contributed by atoms with van der Waals surface area (Å²) in [5.41, 5.74) is 6.65. The Hall–Kier alpha value is -1.16. The van der Waals surface area contributed by atoms with Gasteiger partial charge in [-0.15, -0.1) is 0 Å². The molecule has 0 aromatic carbocycles. The van der Waals surface area contributed by atoms with Crippen molar-refractivity contribution in [1.82, 2.24) is 9.97 Å². The van der Waals surface area contributed by atoms with E-state index in [4.69, 9.17) is 5.73 Å². The van der Waals surface area contributed by atoms with E-state index in [2.05, 4.69) is 9.97 Å². The maximum atomic E-state index is 9.36. The molecule has 0 saturated heterocycles. The summed E-state index contributed by atoms with van der Waals surface area (Å²) >= 11 is 0. The molecule has 2 rings (SSSR count). The zero-order valence-electron chi connectivity index (χ0n) is 7.40. The van der Waals surface area contributed by atoms with Gasteiger partial charge in [-0.25, -0.2) is 9.97 Å². The van der Waals surface area contributed by atoms with E-state index in [1.54, 1.807) is 0 Å². The van der Waals surface area contributed by atoms with Gasteiger partial charge in [0.05, 0.1) is 11.9 Å². The van der Waals surface area contributed by atoms with E-state index in [-0.39, 0.29) is 11.3 Å². The largest absolute Gasteiger partial charge is 0.504 e. The zero-order valence-corrected chi connectivity index (χ0v) is 7.40. The third kappa shape index (κ3) is 1.95. The normalized spacial score (nSPS) is 18.5.